The van der Waals surface area contributed by atoms with Crippen LogP contribution in [0.3, 0.4) is 0 Å². The van der Waals surface area contributed by atoms with Gasteiger partial charge >= 0.3 is 6.18 Å². The molecule has 0 radical (unpaired) electrons. The van der Waals surface area contributed by atoms with Gasteiger partial charge in [0.15, 0.2) is 0 Å². The van der Waals surface area contributed by atoms with E-state index in [1.54, 1.807) is 44.5 Å². The van der Waals surface area contributed by atoms with E-state index in [0.717, 1.165) is 78.7 Å². The fourth-order valence-electron chi connectivity index (χ4n) is 5.90. The molecule has 1 unspecified atom stereocenters. The average molecular weight is 570 g/mol. The molecule has 4 aliphatic rings. The number of benzene rings is 2. The van der Waals surface area contributed by atoms with Crippen LogP contribution in [-0.4, -0.2) is 46.2 Å². The molecule has 0 N–H and O–H groups in total. The summed E-state index contributed by atoms with van der Waals surface area (Å²) in [5.41, 5.74) is 5.75. The molecule has 2 fully saturated rings. The summed E-state index contributed by atoms with van der Waals surface area (Å²) in [6, 6.07) is 9.93. The number of hydrogen-bond donors (Lipinski definition) is 0. The number of halogens is 3. The molecule has 2 aliphatic heterocycles. The predicted molar refractivity (Wildman–Crippen MR) is 156 cm³/mol. The third kappa shape index (κ3) is 5.69. The van der Waals surface area contributed by atoms with Crippen LogP contribution in [0, 0.1) is 0 Å². The molecule has 2 aromatic rings. The summed E-state index contributed by atoms with van der Waals surface area (Å²) in [4.78, 5) is 2.09. The van der Waals surface area contributed by atoms with E-state index in [1.807, 2.05) is 26.0 Å². The van der Waals surface area contributed by atoms with Crippen molar-refractivity contribution in [3.63, 3.8) is 0 Å². The number of methoxy groups -OCH3 is 3. The quantitative estimate of drug-likeness (QED) is 0.356. The minimum atomic E-state index is -4.54. The lowest BCUT2D eigenvalue weighted by Crippen LogP contribution is -2.29. The number of alkyl halides is 3. The lowest BCUT2D eigenvalue weighted by atomic mass is 9.95. The van der Waals surface area contributed by atoms with Crippen molar-refractivity contribution in [2.24, 2.45) is 5.10 Å². The summed E-state index contributed by atoms with van der Waals surface area (Å²) >= 11 is 0. The highest BCUT2D eigenvalue weighted by atomic mass is 19.4. The van der Waals surface area contributed by atoms with E-state index in [-0.39, 0.29) is 11.8 Å². The minimum Gasteiger partial charge on any atom is -0.497 e. The van der Waals surface area contributed by atoms with Gasteiger partial charge in [-0.25, -0.2) is 5.01 Å². The van der Waals surface area contributed by atoms with Gasteiger partial charge in [-0.05, 0) is 85.6 Å². The Labute approximate surface area is 240 Å². The molecule has 2 heterocycles. The van der Waals surface area contributed by atoms with Gasteiger partial charge in [-0.15, -0.1) is 0 Å². The SMILES string of the molecule is CC.COc1cc(OC)cc(C2=NN(c3cc(N4CCC(OC)C4)ccc3C(F)(F)F)C(=C3CC3)C3=C2CCC3)c1. The first kappa shape index (κ1) is 29.0. The second-order valence-electron chi connectivity index (χ2n) is 10.4. The first-order valence-corrected chi connectivity index (χ1v) is 14.4. The zero-order valence-corrected chi connectivity index (χ0v) is 24.4. The van der Waals surface area contributed by atoms with Gasteiger partial charge in [0.1, 0.15) is 11.5 Å². The summed E-state index contributed by atoms with van der Waals surface area (Å²) in [7, 11) is 4.83. The molecule has 0 aromatic heterocycles. The Bertz CT molecular complexity index is 1370. The Kier molecular flexibility index (Phi) is 8.36. The lowest BCUT2D eigenvalue weighted by molar-refractivity contribution is -0.137. The van der Waals surface area contributed by atoms with Crippen LogP contribution in [-0.2, 0) is 10.9 Å². The first-order valence-electron chi connectivity index (χ1n) is 14.4. The van der Waals surface area contributed by atoms with E-state index in [9.17, 15) is 13.2 Å². The summed E-state index contributed by atoms with van der Waals surface area (Å²) in [6.45, 7) is 5.37. The standard InChI is InChI=1S/C30H32F3N3O3.C2H6/c1-37-21-11-12-35(17-21)20-9-10-26(30(31,32)33)27(15-20)36-29(18-7-8-18)25-6-4-5-24(25)28(34-36)19-13-22(38-2)16-23(14-19)39-3;1-2/h9-10,13-16,21H,4-8,11-12,17H2,1-3H3;1-2H3. The summed E-state index contributed by atoms with van der Waals surface area (Å²) in [5, 5.41) is 6.58. The van der Waals surface area contributed by atoms with Crippen LogP contribution in [0.15, 0.2) is 63.9 Å². The normalized spacial score (nSPS) is 20.1. The molecule has 0 spiro atoms. The average Bonchev–Trinajstić information content (AvgIpc) is 3.50. The first-order chi connectivity index (χ1) is 19.8. The lowest BCUT2D eigenvalue weighted by Gasteiger charge is -2.33. The summed E-state index contributed by atoms with van der Waals surface area (Å²) in [6.07, 6.45) is 0.701. The summed E-state index contributed by atoms with van der Waals surface area (Å²) < 4.78 is 60.0. The molecular formula is C32H38F3N3O3. The zero-order valence-electron chi connectivity index (χ0n) is 24.4. The molecule has 0 amide bonds. The van der Waals surface area contributed by atoms with E-state index >= 15 is 0 Å². The highest BCUT2D eigenvalue weighted by Crippen LogP contribution is 2.50. The third-order valence-corrected chi connectivity index (χ3v) is 8.02. The van der Waals surface area contributed by atoms with Gasteiger partial charge in [0, 0.05) is 37.5 Å². The molecule has 0 bridgehead atoms. The smallest absolute Gasteiger partial charge is 0.418 e. The minimum absolute atomic E-state index is 0.0566. The van der Waals surface area contributed by atoms with Gasteiger partial charge < -0.3 is 19.1 Å². The van der Waals surface area contributed by atoms with E-state index in [1.165, 1.54) is 6.07 Å². The van der Waals surface area contributed by atoms with Crippen molar-refractivity contribution in [3.05, 3.63) is 69.9 Å². The molecule has 9 heteroatoms. The Hall–Kier alpha value is -3.46. The van der Waals surface area contributed by atoms with E-state index in [0.29, 0.717) is 23.8 Å². The molecular weight excluding hydrogens is 531 g/mol. The molecule has 1 atom stereocenters. The van der Waals surface area contributed by atoms with Crippen LogP contribution >= 0.6 is 0 Å². The van der Waals surface area contributed by atoms with Gasteiger partial charge in [-0.3, -0.25) is 0 Å². The van der Waals surface area contributed by atoms with Gasteiger partial charge in [0.25, 0.3) is 0 Å². The van der Waals surface area contributed by atoms with Crippen molar-refractivity contribution in [2.45, 2.75) is 64.7 Å². The Morgan fingerprint density at radius 2 is 1.56 bits per heavy atom. The second-order valence-corrected chi connectivity index (χ2v) is 10.4. The van der Waals surface area contributed by atoms with Gasteiger partial charge in [0.2, 0.25) is 0 Å². The van der Waals surface area contributed by atoms with Crippen molar-refractivity contribution in [1.82, 2.24) is 0 Å². The molecule has 41 heavy (non-hydrogen) atoms. The maximum absolute atomic E-state index is 14.5. The van der Waals surface area contributed by atoms with Crippen LogP contribution < -0.4 is 19.4 Å². The molecule has 2 aliphatic carbocycles. The molecule has 2 aromatic carbocycles. The Balaban J connectivity index is 0.00000165. The molecule has 1 saturated carbocycles. The maximum atomic E-state index is 14.5. The van der Waals surface area contributed by atoms with Crippen LogP contribution in [0.2, 0.25) is 0 Å². The number of anilines is 2. The van der Waals surface area contributed by atoms with Crippen LogP contribution in [0.4, 0.5) is 24.5 Å². The Morgan fingerprint density at radius 1 is 0.878 bits per heavy atom. The highest BCUT2D eigenvalue weighted by Gasteiger charge is 2.41. The van der Waals surface area contributed by atoms with Crippen LogP contribution in [0.5, 0.6) is 11.5 Å². The largest absolute Gasteiger partial charge is 0.497 e. The number of nitrogens with zero attached hydrogens (tertiary/aromatic N) is 3. The maximum Gasteiger partial charge on any atom is 0.418 e. The fourth-order valence-corrected chi connectivity index (χ4v) is 5.90. The monoisotopic (exact) mass is 569 g/mol. The molecule has 1 saturated heterocycles. The van der Waals surface area contributed by atoms with Crippen molar-refractivity contribution < 1.29 is 27.4 Å². The summed E-state index contributed by atoms with van der Waals surface area (Å²) in [5.74, 6) is 1.20. The van der Waals surface area contributed by atoms with Crippen molar-refractivity contribution in [1.29, 1.82) is 0 Å². The van der Waals surface area contributed by atoms with E-state index < -0.39 is 11.7 Å². The number of ether oxygens (including phenoxy) is 3. The third-order valence-electron chi connectivity index (χ3n) is 8.02. The second kappa shape index (κ2) is 11.8. The molecule has 220 valence electrons. The van der Waals surface area contributed by atoms with Crippen molar-refractivity contribution in [2.75, 3.05) is 44.3 Å². The van der Waals surface area contributed by atoms with Crippen molar-refractivity contribution >= 4 is 17.1 Å². The zero-order chi connectivity index (χ0) is 29.3. The number of allylic oxidation sites excluding steroid dienone is 3. The van der Waals surface area contributed by atoms with Gasteiger partial charge in [-0.2, -0.15) is 18.3 Å². The van der Waals surface area contributed by atoms with Crippen LogP contribution in [0.25, 0.3) is 0 Å². The van der Waals surface area contributed by atoms with Crippen LogP contribution in [0.1, 0.15) is 63.5 Å². The molecule has 6 nitrogen and oxygen atoms in total. The Morgan fingerprint density at radius 3 is 2.15 bits per heavy atom. The predicted octanol–water partition coefficient (Wildman–Crippen LogP) is 7.73. The van der Waals surface area contributed by atoms with Crippen molar-refractivity contribution in [3.8, 4) is 11.5 Å². The van der Waals surface area contributed by atoms with E-state index in [2.05, 4.69) is 4.90 Å². The topological polar surface area (TPSA) is 46.5 Å². The fraction of sp³-hybridized carbons (Fsp3) is 0.469. The van der Waals surface area contributed by atoms with Gasteiger partial charge in [0.05, 0.1) is 43.0 Å². The highest BCUT2D eigenvalue weighted by molar-refractivity contribution is 6.15. The number of hydrogen-bond acceptors (Lipinski definition) is 6. The number of hydrazone groups is 1. The van der Waals surface area contributed by atoms with Gasteiger partial charge in [-0.1, -0.05) is 13.8 Å². The van der Waals surface area contributed by atoms with E-state index in [4.69, 9.17) is 19.3 Å². The molecule has 6 rings (SSSR count). The number of rotatable bonds is 6.